The predicted molar refractivity (Wildman–Crippen MR) is 74.4 cm³/mol. The number of hydrogen-bond acceptors (Lipinski definition) is 3. The Hall–Kier alpha value is -1.43. The van der Waals surface area contributed by atoms with Crippen LogP contribution in [0.2, 0.25) is 0 Å². The first-order valence-electron chi connectivity index (χ1n) is 6.81. The smallest absolute Gasteiger partial charge is 0.229 e. The molecule has 1 amide bonds. The molecule has 4 atom stereocenters. The number of carbonyl (C=O) groups excluding carboxylic acids is 1. The third-order valence-corrected chi connectivity index (χ3v) is 5.41. The van der Waals surface area contributed by atoms with Crippen molar-refractivity contribution >= 4 is 28.9 Å². The molecule has 1 aromatic heterocycles. The van der Waals surface area contributed by atoms with Crippen molar-refractivity contribution in [3.05, 3.63) is 11.8 Å². The molecule has 6 heteroatoms. The van der Waals surface area contributed by atoms with Gasteiger partial charge in [-0.25, -0.2) is 0 Å². The number of amides is 1. The van der Waals surface area contributed by atoms with Crippen molar-refractivity contribution in [2.45, 2.75) is 19.3 Å². The van der Waals surface area contributed by atoms with E-state index in [0.717, 1.165) is 11.8 Å². The van der Waals surface area contributed by atoms with Crippen LogP contribution in [0.4, 0.5) is 5.82 Å². The number of hydrogen-bond donors (Lipinski definition) is 3. The first-order chi connectivity index (χ1) is 9.16. The summed E-state index contributed by atoms with van der Waals surface area (Å²) in [5.74, 6) is 3.70. The maximum Gasteiger partial charge on any atom is 0.229 e. The summed E-state index contributed by atoms with van der Waals surface area (Å²) in [6.07, 6.45) is 5.53. The molecule has 100 valence electrons. The lowest BCUT2D eigenvalue weighted by molar-refractivity contribution is -0.118. The molecule has 0 spiro atoms. The Morgan fingerprint density at radius 3 is 2.74 bits per heavy atom. The fraction of sp³-hybridized carbons (Fsp3) is 0.615. The monoisotopic (exact) mass is 276 g/mol. The molecular formula is C13H16N4OS. The van der Waals surface area contributed by atoms with Gasteiger partial charge in [0.25, 0.3) is 0 Å². The van der Waals surface area contributed by atoms with Crippen molar-refractivity contribution in [3.8, 4) is 0 Å². The van der Waals surface area contributed by atoms with Gasteiger partial charge in [0.2, 0.25) is 5.91 Å². The van der Waals surface area contributed by atoms with Gasteiger partial charge in [-0.3, -0.25) is 9.89 Å². The summed E-state index contributed by atoms with van der Waals surface area (Å²) in [5, 5.41) is 9.55. The molecule has 4 N–H and O–H groups in total. The van der Waals surface area contributed by atoms with Gasteiger partial charge in [0, 0.05) is 5.92 Å². The quantitative estimate of drug-likeness (QED) is 0.726. The van der Waals surface area contributed by atoms with Crippen LogP contribution in [0.5, 0.6) is 0 Å². The van der Waals surface area contributed by atoms with Crippen molar-refractivity contribution in [2.75, 3.05) is 5.32 Å². The summed E-state index contributed by atoms with van der Waals surface area (Å²) in [5.41, 5.74) is 6.20. The maximum atomic E-state index is 12.3. The predicted octanol–water partition coefficient (Wildman–Crippen LogP) is 1.27. The number of nitrogens with zero attached hydrogens (tertiary/aromatic N) is 1. The number of fused-ring (bicyclic) bond motifs is 5. The average molecular weight is 276 g/mol. The van der Waals surface area contributed by atoms with Gasteiger partial charge < -0.3 is 11.1 Å². The van der Waals surface area contributed by atoms with Gasteiger partial charge >= 0.3 is 0 Å². The molecule has 0 aliphatic heterocycles. The van der Waals surface area contributed by atoms with Gasteiger partial charge in [0.15, 0.2) is 0 Å². The van der Waals surface area contributed by atoms with E-state index in [-0.39, 0.29) is 16.8 Å². The summed E-state index contributed by atoms with van der Waals surface area (Å²) < 4.78 is 0. The van der Waals surface area contributed by atoms with E-state index in [1.165, 1.54) is 19.3 Å². The second-order valence-electron chi connectivity index (χ2n) is 6.03. The van der Waals surface area contributed by atoms with Gasteiger partial charge in [-0.05, 0) is 42.9 Å². The van der Waals surface area contributed by atoms with E-state index in [4.69, 9.17) is 18.0 Å². The molecule has 3 fully saturated rings. The summed E-state index contributed by atoms with van der Waals surface area (Å²) in [4.78, 5) is 12.6. The zero-order valence-electron chi connectivity index (χ0n) is 10.4. The molecule has 2 bridgehead atoms. The van der Waals surface area contributed by atoms with Gasteiger partial charge in [0.1, 0.15) is 10.8 Å². The van der Waals surface area contributed by atoms with E-state index in [1.54, 1.807) is 6.20 Å². The minimum absolute atomic E-state index is 0.105. The van der Waals surface area contributed by atoms with Crippen LogP contribution in [0.3, 0.4) is 0 Å². The highest BCUT2D eigenvalue weighted by Crippen LogP contribution is 2.69. The third kappa shape index (κ3) is 1.55. The van der Waals surface area contributed by atoms with Crippen LogP contribution in [-0.4, -0.2) is 21.1 Å². The normalized spacial score (nSPS) is 38.0. The number of rotatable bonds is 3. The SMILES string of the molecule is NC(=S)c1cn[nH]c1NC(=O)C1C2C3CCC(C3)C12. The number of nitrogens with one attached hydrogen (secondary N) is 2. The number of aromatic amines is 1. The molecule has 0 aromatic carbocycles. The second kappa shape index (κ2) is 3.79. The van der Waals surface area contributed by atoms with Crippen LogP contribution >= 0.6 is 12.2 Å². The number of aromatic nitrogens is 2. The minimum atomic E-state index is 0.105. The number of thiocarbonyl (C=S) groups is 1. The lowest BCUT2D eigenvalue weighted by Gasteiger charge is -2.09. The summed E-state index contributed by atoms with van der Waals surface area (Å²) in [6.45, 7) is 0. The van der Waals surface area contributed by atoms with Gasteiger partial charge in [-0.1, -0.05) is 12.2 Å². The molecular weight excluding hydrogens is 260 g/mol. The van der Waals surface area contributed by atoms with Crippen LogP contribution in [0.1, 0.15) is 24.8 Å². The Morgan fingerprint density at radius 2 is 2.11 bits per heavy atom. The second-order valence-corrected chi connectivity index (χ2v) is 6.47. The van der Waals surface area contributed by atoms with E-state index in [9.17, 15) is 4.79 Å². The molecule has 3 aliphatic rings. The summed E-state index contributed by atoms with van der Waals surface area (Å²) in [7, 11) is 0. The standard InChI is InChI=1S/C13H16N4OS/c14-11(19)7-4-15-17-12(7)16-13(18)10-8-5-1-2-6(3-5)9(8)10/h4-6,8-10H,1-3H2,(H2,14,19)(H2,15,16,17,18). The largest absolute Gasteiger partial charge is 0.389 e. The molecule has 3 aliphatic carbocycles. The van der Waals surface area contributed by atoms with Crippen LogP contribution in [-0.2, 0) is 4.79 Å². The topological polar surface area (TPSA) is 83.8 Å². The molecule has 1 heterocycles. The molecule has 1 aromatic rings. The molecule has 4 unspecified atom stereocenters. The maximum absolute atomic E-state index is 12.3. The lowest BCUT2D eigenvalue weighted by atomic mass is 10.0. The highest BCUT2D eigenvalue weighted by molar-refractivity contribution is 7.80. The van der Waals surface area contributed by atoms with E-state index < -0.39 is 0 Å². The van der Waals surface area contributed by atoms with Crippen LogP contribution in [0.25, 0.3) is 0 Å². The lowest BCUT2D eigenvalue weighted by Crippen LogP contribution is -2.21. The third-order valence-electron chi connectivity index (χ3n) is 5.19. The Morgan fingerprint density at radius 1 is 1.42 bits per heavy atom. The zero-order chi connectivity index (χ0) is 13.1. The Labute approximate surface area is 116 Å². The highest BCUT2D eigenvalue weighted by atomic mass is 32.1. The number of nitrogens with two attached hydrogens (primary N) is 1. The van der Waals surface area contributed by atoms with E-state index in [0.29, 0.717) is 23.2 Å². The Bertz CT molecular complexity index is 553. The molecule has 0 radical (unpaired) electrons. The van der Waals surface area contributed by atoms with E-state index in [2.05, 4.69) is 15.5 Å². The first kappa shape index (κ1) is 11.4. The van der Waals surface area contributed by atoms with Crippen molar-refractivity contribution in [1.29, 1.82) is 0 Å². The van der Waals surface area contributed by atoms with Crippen molar-refractivity contribution in [2.24, 2.45) is 35.3 Å². The van der Waals surface area contributed by atoms with Crippen molar-refractivity contribution in [1.82, 2.24) is 10.2 Å². The van der Waals surface area contributed by atoms with Crippen molar-refractivity contribution < 1.29 is 4.79 Å². The fourth-order valence-corrected chi connectivity index (χ4v) is 4.61. The minimum Gasteiger partial charge on any atom is -0.389 e. The first-order valence-corrected chi connectivity index (χ1v) is 7.21. The van der Waals surface area contributed by atoms with Crippen molar-refractivity contribution in [3.63, 3.8) is 0 Å². The zero-order valence-corrected chi connectivity index (χ0v) is 11.2. The molecule has 0 saturated heterocycles. The fourth-order valence-electron chi connectivity index (χ4n) is 4.45. The van der Waals surface area contributed by atoms with Gasteiger partial charge in [-0.15, -0.1) is 0 Å². The van der Waals surface area contributed by atoms with Crippen LogP contribution in [0.15, 0.2) is 6.20 Å². The van der Waals surface area contributed by atoms with Crippen LogP contribution < -0.4 is 11.1 Å². The molecule has 3 saturated carbocycles. The van der Waals surface area contributed by atoms with E-state index in [1.807, 2.05) is 0 Å². The molecule has 5 nitrogen and oxygen atoms in total. The number of carbonyl (C=O) groups is 1. The Balaban J connectivity index is 1.48. The molecule has 19 heavy (non-hydrogen) atoms. The average Bonchev–Trinajstić information content (AvgIpc) is 2.75. The van der Waals surface area contributed by atoms with Gasteiger partial charge in [-0.2, -0.15) is 5.10 Å². The van der Waals surface area contributed by atoms with Crippen LogP contribution in [0, 0.1) is 29.6 Å². The number of anilines is 1. The molecule has 4 rings (SSSR count). The van der Waals surface area contributed by atoms with E-state index >= 15 is 0 Å². The summed E-state index contributed by atoms with van der Waals surface area (Å²) in [6, 6.07) is 0. The Kier molecular flexibility index (Phi) is 2.27. The summed E-state index contributed by atoms with van der Waals surface area (Å²) >= 11 is 4.93. The number of H-pyrrole nitrogens is 1. The van der Waals surface area contributed by atoms with Gasteiger partial charge in [0.05, 0.1) is 11.8 Å². The highest BCUT2D eigenvalue weighted by Gasteiger charge is 2.67.